The fourth-order valence-electron chi connectivity index (χ4n) is 0.0812. The lowest BCUT2D eigenvalue weighted by atomic mass is 10.8. The van der Waals surface area contributed by atoms with Gasteiger partial charge in [-0.25, -0.2) is 0 Å². The number of hydrogen-bond acceptors (Lipinski definition) is 1. The lowest BCUT2D eigenvalue weighted by Gasteiger charge is -1.94. The highest BCUT2D eigenvalue weighted by atomic mass is 35.5. The van der Waals surface area contributed by atoms with Crippen molar-refractivity contribution in [2.24, 2.45) is 0 Å². The predicted octanol–water partition coefficient (Wildman–Crippen LogP) is 0.995. The average molecular weight is 123 g/mol. The number of rotatable bonds is 2. The quantitative estimate of drug-likeness (QED) is 0.254. The first-order valence-electron chi connectivity index (χ1n) is 1.54. The molecular formula is C3H5ClNS. The number of nitrogens with one attached hydrogen (secondary N) is 1. The SMILES string of the molecule is CC(Cl)N[C]=S. The van der Waals surface area contributed by atoms with Crippen molar-refractivity contribution in [2.45, 2.75) is 12.4 Å². The molecule has 0 aromatic rings. The first kappa shape index (κ1) is 6.18. The number of hydrogen-bond donors (Lipinski definition) is 1. The molecule has 0 saturated carbocycles. The number of alkyl halides is 1. The van der Waals surface area contributed by atoms with Crippen LogP contribution >= 0.6 is 23.8 Å². The summed E-state index contributed by atoms with van der Waals surface area (Å²) >= 11 is 9.62. The lowest BCUT2D eigenvalue weighted by molar-refractivity contribution is 0.913. The largest absolute Gasteiger partial charge is 0.358 e. The first-order chi connectivity index (χ1) is 2.77. The van der Waals surface area contributed by atoms with Crippen molar-refractivity contribution in [2.75, 3.05) is 0 Å². The monoisotopic (exact) mass is 122 g/mol. The zero-order chi connectivity index (χ0) is 4.99. The molecule has 0 rings (SSSR count). The van der Waals surface area contributed by atoms with E-state index >= 15 is 0 Å². The van der Waals surface area contributed by atoms with E-state index in [1.165, 1.54) is 0 Å². The standard InChI is InChI=1S/C3H5ClNS/c1-3(4)5-2-6/h3H,1H3,(H,5,6). The molecule has 0 aliphatic heterocycles. The molecule has 0 bridgehead atoms. The first-order valence-corrected chi connectivity index (χ1v) is 2.38. The van der Waals surface area contributed by atoms with Crippen LogP contribution in [0.25, 0.3) is 0 Å². The van der Waals surface area contributed by atoms with Crippen LogP contribution in [0.3, 0.4) is 0 Å². The molecule has 0 amide bonds. The molecule has 35 valence electrons. The van der Waals surface area contributed by atoms with E-state index in [4.69, 9.17) is 11.6 Å². The summed E-state index contributed by atoms with van der Waals surface area (Å²) in [5.41, 5.74) is 2.17. The van der Waals surface area contributed by atoms with Gasteiger partial charge in [-0.1, -0.05) is 23.8 Å². The molecule has 1 radical (unpaired) electrons. The van der Waals surface area contributed by atoms with Gasteiger partial charge in [0.1, 0.15) is 5.49 Å². The van der Waals surface area contributed by atoms with Crippen molar-refractivity contribution in [3.8, 4) is 0 Å². The third kappa shape index (κ3) is 4.18. The van der Waals surface area contributed by atoms with Crippen LogP contribution in [-0.4, -0.2) is 11.0 Å². The van der Waals surface area contributed by atoms with E-state index in [1.54, 1.807) is 6.92 Å². The highest BCUT2D eigenvalue weighted by molar-refractivity contribution is 7.78. The number of halogens is 1. The molecule has 0 heterocycles. The van der Waals surface area contributed by atoms with Gasteiger partial charge in [0.2, 0.25) is 0 Å². The zero-order valence-corrected chi connectivity index (χ0v) is 4.94. The summed E-state index contributed by atoms with van der Waals surface area (Å²) in [6.45, 7) is 1.78. The van der Waals surface area contributed by atoms with Crippen LogP contribution < -0.4 is 5.32 Å². The summed E-state index contributed by atoms with van der Waals surface area (Å²) in [7, 11) is 0. The Bertz CT molecular complexity index is 46.1. The summed E-state index contributed by atoms with van der Waals surface area (Å²) in [5.74, 6) is 0. The summed E-state index contributed by atoms with van der Waals surface area (Å²) in [6, 6.07) is 0. The maximum Gasteiger partial charge on any atom is 0.135 e. The minimum Gasteiger partial charge on any atom is -0.358 e. The van der Waals surface area contributed by atoms with Gasteiger partial charge < -0.3 is 5.32 Å². The third-order valence-electron chi connectivity index (χ3n) is 0.258. The molecule has 3 heteroatoms. The van der Waals surface area contributed by atoms with Gasteiger partial charge >= 0.3 is 0 Å². The van der Waals surface area contributed by atoms with E-state index in [1.807, 2.05) is 0 Å². The molecule has 0 spiro atoms. The Kier molecular flexibility index (Phi) is 3.47. The van der Waals surface area contributed by atoms with Crippen molar-refractivity contribution in [1.29, 1.82) is 0 Å². The van der Waals surface area contributed by atoms with Gasteiger partial charge in [-0.3, -0.25) is 0 Å². The van der Waals surface area contributed by atoms with Gasteiger partial charge in [-0.2, -0.15) is 0 Å². The van der Waals surface area contributed by atoms with Gasteiger partial charge in [0.15, 0.2) is 0 Å². The van der Waals surface area contributed by atoms with Crippen LogP contribution in [0.4, 0.5) is 0 Å². The summed E-state index contributed by atoms with van der Waals surface area (Å²) < 4.78 is 0. The Morgan fingerprint density at radius 2 is 2.50 bits per heavy atom. The molecule has 1 atom stereocenters. The van der Waals surface area contributed by atoms with E-state index in [0.29, 0.717) is 0 Å². The third-order valence-corrected chi connectivity index (χ3v) is 0.485. The van der Waals surface area contributed by atoms with Crippen LogP contribution in [0, 0.1) is 0 Å². The summed E-state index contributed by atoms with van der Waals surface area (Å²) in [6.07, 6.45) is 0. The molecule has 0 fully saturated rings. The van der Waals surface area contributed by atoms with E-state index in [2.05, 4.69) is 23.0 Å². The Morgan fingerprint density at radius 3 is 2.50 bits per heavy atom. The van der Waals surface area contributed by atoms with E-state index < -0.39 is 0 Å². The normalized spacial score (nSPS) is 13.0. The molecule has 0 aromatic heterocycles. The van der Waals surface area contributed by atoms with Crippen molar-refractivity contribution in [3.05, 3.63) is 0 Å². The van der Waals surface area contributed by atoms with Crippen LogP contribution in [-0.2, 0) is 0 Å². The maximum absolute atomic E-state index is 5.34. The molecule has 1 unspecified atom stereocenters. The highest BCUT2D eigenvalue weighted by Crippen LogP contribution is 1.81. The van der Waals surface area contributed by atoms with Gasteiger partial charge in [0.25, 0.3) is 0 Å². The fourth-order valence-corrected chi connectivity index (χ4v) is 0.377. The Labute approximate surface area is 47.7 Å². The minimum atomic E-state index is -0.0949. The molecule has 6 heavy (non-hydrogen) atoms. The molecule has 1 nitrogen and oxygen atoms in total. The molecule has 0 aliphatic rings. The molecule has 1 N–H and O–H groups in total. The molecule has 0 saturated heterocycles. The maximum atomic E-state index is 5.34. The van der Waals surface area contributed by atoms with Crippen LogP contribution in [0.5, 0.6) is 0 Å². The smallest absolute Gasteiger partial charge is 0.135 e. The molecule has 0 aliphatic carbocycles. The number of thiocarbonyl (C=S) groups is 1. The Hall–Kier alpha value is 0.180. The minimum absolute atomic E-state index is 0.0949. The Morgan fingerprint density at radius 1 is 2.00 bits per heavy atom. The second-order valence-corrected chi connectivity index (χ2v) is 1.72. The van der Waals surface area contributed by atoms with Crippen molar-refractivity contribution in [1.82, 2.24) is 5.32 Å². The van der Waals surface area contributed by atoms with E-state index in [0.717, 1.165) is 0 Å². The highest BCUT2D eigenvalue weighted by Gasteiger charge is 1.83. The fraction of sp³-hybridized carbons (Fsp3) is 0.667. The van der Waals surface area contributed by atoms with Crippen molar-refractivity contribution >= 4 is 29.3 Å². The topological polar surface area (TPSA) is 12.0 Å². The Balaban J connectivity index is 2.81. The average Bonchev–Trinajstić information content (AvgIpc) is 1.35. The van der Waals surface area contributed by atoms with Crippen LogP contribution in [0.1, 0.15) is 6.92 Å². The van der Waals surface area contributed by atoms with Gasteiger partial charge in [-0.15, -0.1) is 0 Å². The van der Waals surface area contributed by atoms with Crippen molar-refractivity contribution < 1.29 is 0 Å². The van der Waals surface area contributed by atoms with Crippen LogP contribution in [0.15, 0.2) is 0 Å². The van der Waals surface area contributed by atoms with Gasteiger partial charge in [0.05, 0.1) is 5.50 Å². The van der Waals surface area contributed by atoms with Gasteiger partial charge in [0, 0.05) is 0 Å². The second kappa shape index (κ2) is 3.37. The van der Waals surface area contributed by atoms with E-state index in [-0.39, 0.29) is 5.50 Å². The van der Waals surface area contributed by atoms with E-state index in [9.17, 15) is 0 Å². The molecule has 0 aromatic carbocycles. The van der Waals surface area contributed by atoms with Crippen molar-refractivity contribution in [3.63, 3.8) is 0 Å². The van der Waals surface area contributed by atoms with Crippen LogP contribution in [0.2, 0.25) is 0 Å². The zero-order valence-electron chi connectivity index (χ0n) is 3.36. The van der Waals surface area contributed by atoms with Gasteiger partial charge in [-0.05, 0) is 6.92 Å². The molecular weight excluding hydrogens is 118 g/mol. The lowest BCUT2D eigenvalue weighted by Crippen LogP contribution is -2.16. The second-order valence-electron chi connectivity index (χ2n) is 0.862. The summed E-state index contributed by atoms with van der Waals surface area (Å²) in [5, 5.41) is 2.54. The summed E-state index contributed by atoms with van der Waals surface area (Å²) in [4.78, 5) is 0. The predicted molar refractivity (Wildman–Crippen MR) is 31.0 cm³/mol.